The van der Waals surface area contributed by atoms with Crippen LogP contribution in [-0.2, 0) is 6.54 Å². The van der Waals surface area contributed by atoms with Gasteiger partial charge in [0.2, 0.25) is 0 Å². The van der Waals surface area contributed by atoms with E-state index in [1.807, 2.05) is 24.3 Å². The van der Waals surface area contributed by atoms with Gasteiger partial charge in [-0.25, -0.2) is 0 Å². The first kappa shape index (κ1) is 12.1. The van der Waals surface area contributed by atoms with Crippen molar-refractivity contribution in [2.75, 3.05) is 6.54 Å². The summed E-state index contributed by atoms with van der Waals surface area (Å²) in [5.74, 6) is 0.877. The first-order valence-electron chi connectivity index (χ1n) is 6.58. The maximum absolute atomic E-state index is 8.71. The molecule has 1 aromatic carbocycles. The number of hydrogen-bond donors (Lipinski definition) is 1. The maximum atomic E-state index is 8.71. The maximum Gasteiger partial charge on any atom is 0.0991 e. The summed E-state index contributed by atoms with van der Waals surface area (Å²) in [4.78, 5) is 0. The van der Waals surface area contributed by atoms with Crippen molar-refractivity contribution in [1.29, 1.82) is 5.26 Å². The first-order chi connectivity index (χ1) is 8.38. The standard InChI is InChI=1S/C15H20N2/c16-10-13-6-8-15(9-7-13)12-17-11-14-4-2-1-3-5-14/h6-9,14,17H,1-5,11-12H2. The van der Waals surface area contributed by atoms with Gasteiger partial charge in [0, 0.05) is 6.54 Å². The monoisotopic (exact) mass is 228 g/mol. The van der Waals surface area contributed by atoms with E-state index in [2.05, 4.69) is 11.4 Å². The van der Waals surface area contributed by atoms with Crippen molar-refractivity contribution in [3.05, 3.63) is 35.4 Å². The van der Waals surface area contributed by atoms with Crippen molar-refractivity contribution < 1.29 is 0 Å². The second-order valence-corrected chi connectivity index (χ2v) is 4.94. The normalized spacial score (nSPS) is 16.6. The van der Waals surface area contributed by atoms with Crippen LogP contribution in [0.5, 0.6) is 0 Å². The number of rotatable bonds is 4. The molecule has 0 aliphatic heterocycles. The van der Waals surface area contributed by atoms with Crippen LogP contribution in [0.25, 0.3) is 0 Å². The summed E-state index contributed by atoms with van der Waals surface area (Å²) < 4.78 is 0. The molecule has 0 atom stereocenters. The lowest BCUT2D eigenvalue weighted by atomic mass is 9.89. The molecule has 0 bridgehead atoms. The second-order valence-electron chi connectivity index (χ2n) is 4.94. The Labute approximate surface area is 104 Å². The average molecular weight is 228 g/mol. The lowest BCUT2D eigenvalue weighted by molar-refractivity contribution is 0.342. The van der Waals surface area contributed by atoms with Crippen LogP contribution in [0.3, 0.4) is 0 Å². The van der Waals surface area contributed by atoms with Crippen molar-refractivity contribution >= 4 is 0 Å². The lowest BCUT2D eigenvalue weighted by Gasteiger charge is -2.21. The molecule has 0 aromatic heterocycles. The highest BCUT2D eigenvalue weighted by Gasteiger charge is 2.12. The fourth-order valence-electron chi connectivity index (χ4n) is 2.51. The zero-order valence-corrected chi connectivity index (χ0v) is 10.3. The summed E-state index contributed by atoms with van der Waals surface area (Å²) in [7, 11) is 0. The fourth-order valence-corrected chi connectivity index (χ4v) is 2.51. The third-order valence-electron chi connectivity index (χ3n) is 3.57. The van der Waals surface area contributed by atoms with Crippen molar-refractivity contribution in [2.45, 2.75) is 38.6 Å². The Hall–Kier alpha value is -1.33. The highest BCUT2D eigenvalue weighted by atomic mass is 14.9. The third-order valence-corrected chi connectivity index (χ3v) is 3.57. The molecular weight excluding hydrogens is 208 g/mol. The smallest absolute Gasteiger partial charge is 0.0991 e. The van der Waals surface area contributed by atoms with Crippen molar-refractivity contribution in [3.63, 3.8) is 0 Å². The van der Waals surface area contributed by atoms with E-state index in [9.17, 15) is 0 Å². The first-order valence-corrected chi connectivity index (χ1v) is 6.58. The predicted molar refractivity (Wildman–Crippen MR) is 69.4 cm³/mol. The van der Waals surface area contributed by atoms with Gasteiger partial charge in [0.1, 0.15) is 0 Å². The highest BCUT2D eigenvalue weighted by Crippen LogP contribution is 2.22. The number of benzene rings is 1. The van der Waals surface area contributed by atoms with E-state index >= 15 is 0 Å². The van der Waals surface area contributed by atoms with Gasteiger partial charge in [0.05, 0.1) is 11.6 Å². The van der Waals surface area contributed by atoms with Gasteiger partial charge >= 0.3 is 0 Å². The molecule has 1 N–H and O–H groups in total. The molecule has 1 aliphatic carbocycles. The second kappa shape index (κ2) is 6.42. The number of hydrogen-bond acceptors (Lipinski definition) is 2. The van der Waals surface area contributed by atoms with Crippen LogP contribution in [-0.4, -0.2) is 6.54 Å². The Bertz CT molecular complexity index is 369. The van der Waals surface area contributed by atoms with E-state index in [1.165, 1.54) is 37.7 Å². The molecule has 0 heterocycles. The summed E-state index contributed by atoms with van der Waals surface area (Å²) in [6, 6.07) is 9.98. The molecule has 0 amide bonds. The summed E-state index contributed by atoms with van der Waals surface area (Å²) in [5.41, 5.74) is 2.00. The van der Waals surface area contributed by atoms with E-state index in [0.717, 1.165) is 24.6 Å². The SMILES string of the molecule is N#Cc1ccc(CNCC2CCCCC2)cc1. The summed E-state index contributed by atoms with van der Waals surface area (Å²) in [5, 5.41) is 12.2. The van der Waals surface area contributed by atoms with Gasteiger partial charge < -0.3 is 5.32 Å². The molecule has 0 radical (unpaired) electrons. The van der Waals surface area contributed by atoms with Crippen LogP contribution in [0.1, 0.15) is 43.2 Å². The van der Waals surface area contributed by atoms with Crippen LogP contribution >= 0.6 is 0 Å². The highest BCUT2D eigenvalue weighted by molar-refractivity contribution is 5.31. The minimum absolute atomic E-state index is 0.737. The Kier molecular flexibility index (Phi) is 4.58. The Morgan fingerprint density at radius 3 is 2.47 bits per heavy atom. The summed E-state index contributed by atoms with van der Waals surface area (Å²) in [6.07, 6.45) is 7.01. The summed E-state index contributed by atoms with van der Waals surface area (Å²) in [6.45, 7) is 2.06. The van der Waals surface area contributed by atoms with Gasteiger partial charge in [0.25, 0.3) is 0 Å². The molecule has 17 heavy (non-hydrogen) atoms. The fraction of sp³-hybridized carbons (Fsp3) is 0.533. The molecule has 1 fully saturated rings. The van der Waals surface area contributed by atoms with Crippen molar-refractivity contribution in [3.8, 4) is 6.07 Å². The van der Waals surface area contributed by atoms with E-state index in [0.29, 0.717) is 0 Å². The lowest BCUT2D eigenvalue weighted by Crippen LogP contribution is -2.24. The largest absolute Gasteiger partial charge is 0.312 e. The van der Waals surface area contributed by atoms with Crippen molar-refractivity contribution in [2.24, 2.45) is 5.92 Å². The number of nitrogens with zero attached hydrogens (tertiary/aromatic N) is 1. The molecule has 2 heteroatoms. The molecule has 1 aromatic rings. The van der Waals surface area contributed by atoms with Crippen molar-refractivity contribution in [1.82, 2.24) is 5.32 Å². The van der Waals surface area contributed by atoms with E-state index in [1.54, 1.807) is 0 Å². The van der Waals surface area contributed by atoms with Gasteiger partial charge in [-0.3, -0.25) is 0 Å². The minimum Gasteiger partial charge on any atom is -0.312 e. The third kappa shape index (κ3) is 3.87. The quantitative estimate of drug-likeness (QED) is 0.858. The molecule has 1 aliphatic rings. The van der Waals surface area contributed by atoms with Gasteiger partial charge in [-0.1, -0.05) is 31.4 Å². The van der Waals surface area contributed by atoms with Gasteiger partial charge in [-0.2, -0.15) is 5.26 Å². The van der Waals surface area contributed by atoms with Crippen LogP contribution in [0.2, 0.25) is 0 Å². The molecule has 90 valence electrons. The molecule has 0 unspecified atom stereocenters. The van der Waals surface area contributed by atoms with Crippen LogP contribution in [0, 0.1) is 17.2 Å². The molecule has 2 nitrogen and oxygen atoms in total. The van der Waals surface area contributed by atoms with E-state index in [-0.39, 0.29) is 0 Å². The average Bonchev–Trinajstić information content (AvgIpc) is 2.41. The van der Waals surface area contributed by atoms with Gasteiger partial charge in [-0.15, -0.1) is 0 Å². The van der Waals surface area contributed by atoms with Gasteiger partial charge in [-0.05, 0) is 43.0 Å². The Morgan fingerprint density at radius 2 is 1.82 bits per heavy atom. The topological polar surface area (TPSA) is 35.8 Å². The predicted octanol–water partition coefficient (Wildman–Crippen LogP) is 3.23. The molecular formula is C15H20N2. The van der Waals surface area contributed by atoms with Crippen LogP contribution in [0.4, 0.5) is 0 Å². The zero-order valence-electron chi connectivity index (χ0n) is 10.3. The van der Waals surface area contributed by atoms with Crippen LogP contribution < -0.4 is 5.32 Å². The molecule has 0 saturated heterocycles. The zero-order chi connectivity index (χ0) is 11.9. The van der Waals surface area contributed by atoms with Gasteiger partial charge in [0.15, 0.2) is 0 Å². The number of nitriles is 1. The number of nitrogens with one attached hydrogen (secondary N) is 1. The van der Waals surface area contributed by atoms with E-state index < -0.39 is 0 Å². The Morgan fingerprint density at radius 1 is 1.12 bits per heavy atom. The minimum atomic E-state index is 0.737. The summed E-state index contributed by atoms with van der Waals surface area (Å²) >= 11 is 0. The molecule has 2 rings (SSSR count). The molecule has 1 saturated carbocycles. The Balaban J connectivity index is 1.72. The van der Waals surface area contributed by atoms with Crippen LogP contribution in [0.15, 0.2) is 24.3 Å². The molecule has 0 spiro atoms. The van der Waals surface area contributed by atoms with E-state index in [4.69, 9.17) is 5.26 Å².